The molecular formula is C26H18O4. The van der Waals surface area contributed by atoms with Crippen LogP contribution in [0.25, 0.3) is 0 Å². The Labute approximate surface area is 175 Å². The average Bonchev–Trinajstić information content (AvgIpc) is 2.81. The van der Waals surface area contributed by atoms with Crippen molar-refractivity contribution < 1.29 is 19.1 Å². The van der Waals surface area contributed by atoms with Gasteiger partial charge in [0.05, 0.1) is 25.3 Å². The zero-order valence-corrected chi connectivity index (χ0v) is 16.6. The Kier molecular flexibility index (Phi) is 6.66. The van der Waals surface area contributed by atoms with Crippen molar-refractivity contribution in [3.63, 3.8) is 0 Å². The van der Waals surface area contributed by atoms with E-state index in [-0.39, 0.29) is 0 Å². The van der Waals surface area contributed by atoms with Crippen molar-refractivity contribution in [1.29, 1.82) is 0 Å². The first-order valence-corrected chi connectivity index (χ1v) is 9.09. The van der Waals surface area contributed by atoms with Crippen molar-refractivity contribution in [2.24, 2.45) is 0 Å². The molecule has 4 heteroatoms. The van der Waals surface area contributed by atoms with Crippen LogP contribution in [0.3, 0.4) is 0 Å². The molecule has 0 atom stereocenters. The van der Waals surface area contributed by atoms with E-state index in [1.807, 2.05) is 12.1 Å². The molecule has 0 N–H and O–H groups in total. The number of hydrogen-bond acceptors (Lipinski definition) is 4. The van der Waals surface area contributed by atoms with Crippen molar-refractivity contribution >= 4 is 12.6 Å². The molecule has 0 amide bonds. The van der Waals surface area contributed by atoms with Crippen molar-refractivity contribution in [1.82, 2.24) is 0 Å². The summed E-state index contributed by atoms with van der Waals surface area (Å²) in [6.07, 6.45) is 1.55. The van der Waals surface area contributed by atoms with Gasteiger partial charge in [-0.25, -0.2) is 0 Å². The molecule has 4 nitrogen and oxygen atoms in total. The number of carbonyl (C=O) groups is 2. The summed E-state index contributed by atoms with van der Waals surface area (Å²) in [6.45, 7) is 0. The second-order valence-electron chi connectivity index (χ2n) is 6.14. The smallest absolute Gasteiger partial charge is 0.177 e. The minimum absolute atomic E-state index is 0.448. The lowest BCUT2D eigenvalue weighted by molar-refractivity contribution is 0.111. The SMILES string of the molecule is COc1c(C#Cc2ccccc2C=O)ccc(C#Cc2ccccc2C=O)c1OC. The van der Waals surface area contributed by atoms with Gasteiger partial charge in [-0.3, -0.25) is 9.59 Å². The first-order valence-electron chi connectivity index (χ1n) is 9.09. The largest absolute Gasteiger partial charge is 0.492 e. The van der Waals surface area contributed by atoms with Crippen molar-refractivity contribution in [3.05, 3.63) is 94.0 Å². The molecule has 0 aliphatic carbocycles. The molecule has 0 aliphatic rings. The van der Waals surface area contributed by atoms with Crippen LogP contribution in [0.2, 0.25) is 0 Å². The molecule has 0 bridgehead atoms. The maximum atomic E-state index is 11.2. The first-order chi connectivity index (χ1) is 14.7. The van der Waals surface area contributed by atoms with Crippen LogP contribution in [-0.4, -0.2) is 26.8 Å². The Bertz CT molecular complexity index is 1120. The Balaban J connectivity index is 2.05. The Morgan fingerprint density at radius 1 is 0.567 bits per heavy atom. The highest BCUT2D eigenvalue weighted by atomic mass is 16.5. The molecular weight excluding hydrogens is 376 g/mol. The average molecular weight is 394 g/mol. The van der Waals surface area contributed by atoms with Crippen molar-refractivity contribution in [2.45, 2.75) is 0 Å². The van der Waals surface area contributed by atoms with Gasteiger partial charge in [-0.2, -0.15) is 0 Å². The van der Waals surface area contributed by atoms with Gasteiger partial charge in [0.15, 0.2) is 24.1 Å². The van der Waals surface area contributed by atoms with Gasteiger partial charge in [0.1, 0.15) is 0 Å². The molecule has 0 radical (unpaired) electrons. The fourth-order valence-corrected chi connectivity index (χ4v) is 2.86. The third-order valence-electron chi connectivity index (χ3n) is 4.36. The van der Waals surface area contributed by atoms with E-state index in [1.165, 1.54) is 14.2 Å². The van der Waals surface area contributed by atoms with Crippen LogP contribution >= 0.6 is 0 Å². The number of benzene rings is 3. The Morgan fingerprint density at radius 2 is 0.933 bits per heavy atom. The quantitative estimate of drug-likeness (QED) is 0.493. The summed E-state index contributed by atoms with van der Waals surface area (Å²) in [4.78, 5) is 22.4. The monoisotopic (exact) mass is 394 g/mol. The predicted octanol–water partition coefficient (Wildman–Crippen LogP) is 4.13. The molecule has 3 rings (SSSR count). The first kappa shape index (κ1) is 20.5. The topological polar surface area (TPSA) is 52.6 Å². The maximum Gasteiger partial charge on any atom is 0.177 e. The number of ether oxygens (including phenoxy) is 2. The van der Waals surface area contributed by atoms with Gasteiger partial charge in [-0.1, -0.05) is 60.1 Å². The molecule has 0 spiro atoms. The highest BCUT2D eigenvalue weighted by Gasteiger charge is 2.13. The van der Waals surface area contributed by atoms with Crippen LogP contribution < -0.4 is 9.47 Å². The van der Waals surface area contributed by atoms with Gasteiger partial charge in [-0.05, 0) is 24.3 Å². The third-order valence-corrected chi connectivity index (χ3v) is 4.36. The molecule has 0 saturated carbocycles. The van der Waals surface area contributed by atoms with Crippen LogP contribution in [-0.2, 0) is 0 Å². The second-order valence-corrected chi connectivity index (χ2v) is 6.14. The summed E-state index contributed by atoms with van der Waals surface area (Å²) in [5.74, 6) is 13.0. The summed E-state index contributed by atoms with van der Waals surface area (Å²) >= 11 is 0. The molecule has 0 aliphatic heterocycles. The van der Waals surface area contributed by atoms with E-state index in [0.29, 0.717) is 44.9 Å². The fourth-order valence-electron chi connectivity index (χ4n) is 2.86. The second kappa shape index (κ2) is 9.78. The van der Waals surface area contributed by atoms with Crippen molar-refractivity contribution in [2.75, 3.05) is 14.2 Å². The molecule has 3 aromatic carbocycles. The van der Waals surface area contributed by atoms with E-state index < -0.39 is 0 Å². The number of aldehydes is 2. The van der Waals surface area contributed by atoms with E-state index in [1.54, 1.807) is 48.5 Å². The summed E-state index contributed by atoms with van der Waals surface area (Å²) in [7, 11) is 3.06. The van der Waals surface area contributed by atoms with E-state index in [4.69, 9.17) is 9.47 Å². The summed E-state index contributed by atoms with van der Waals surface area (Å²) in [5.41, 5.74) is 3.51. The van der Waals surface area contributed by atoms with E-state index in [0.717, 1.165) is 12.6 Å². The van der Waals surface area contributed by atoms with Crippen molar-refractivity contribution in [3.8, 4) is 35.2 Å². The molecule has 30 heavy (non-hydrogen) atoms. The van der Waals surface area contributed by atoms with E-state index >= 15 is 0 Å². The zero-order valence-electron chi connectivity index (χ0n) is 16.6. The maximum absolute atomic E-state index is 11.2. The fraction of sp³-hybridized carbons (Fsp3) is 0.0769. The Hall–Kier alpha value is -4.28. The summed E-state index contributed by atoms with van der Waals surface area (Å²) in [5, 5.41) is 0. The van der Waals surface area contributed by atoms with E-state index in [9.17, 15) is 9.59 Å². The van der Waals surface area contributed by atoms with Crippen LogP contribution in [0.15, 0.2) is 60.7 Å². The van der Waals surface area contributed by atoms with Crippen LogP contribution in [0.1, 0.15) is 43.0 Å². The van der Waals surface area contributed by atoms with Gasteiger partial charge in [0, 0.05) is 22.3 Å². The highest BCUT2D eigenvalue weighted by molar-refractivity contribution is 5.80. The molecule has 0 saturated heterocycles. The molecule has 0 aromatic heterocycles. The summed E-state index contributed by atoms with van der Waals surface area (Å²) < 4.78 is 11.1. The van der Waals surface area contributed by atoms with Gasteiger partial charge >= 0.3 is 0 Å². The normalized spacial score (nSPS) is 9.40. The predicted molar refractivity (Wildman–Crippen MR) is 115 cm³/mol. The Morgan fingerprint density at radius 3 is 1.30 bits per heavy atom. The minimum Gasteiger partial charge on any atom is -0.492 e. The molecule has 0 fully saturated rings. The number of carbonyl (C=O) groups excluding carboxylic acids is 2. The summed E-state index contributed by atoms with van der Waals surface area (Å²) in [6, 6.07) is 17.8. The van der Waals surface area contributed by atoms with Crippen LogP contribution in [0.5, 0.6) is 11.5 Å². The molecule has 0 heterocycles. The molecule has 3 aromatic rings. The molecule has 146 valence electrons. The van der Waals surface area contributed by atoms with Gasteiger partial charge in [0.2, 0.25) is 0 Å². The lowest BCUT2D eigenvalue weighted by Gasteiger charge is -2.11. The van der Waals surface area contributed by atoms with Gasteiger partial charge in [-0.15, -0.1) is 0 Å². The number of hydrogen-bond donors (Lipinski definition) is 0. The molecule has 0 unspecified atom stereocenters. The zero-order chi connectivity index (χ0) is 21.3. The lowest BCUT2D eigenvalue weighted by Crippen LogP contribution is -1.97. The van der Waals surface area contributed by atoms with E-state index in [2.05, 4.69) is 23.7 Å². The number of methoxy groups -OCH3 is 2. The van der Waals surface area contributed by atoms with Crippen LogP contribution in [0, 0.1) is 23.7 Å². The van der Waals surface area contributed by atoms with Gasteiger partial charge in [0.25, 0.3) is 0 Å². The highest BCUT2D eigenvalue weighted by Crippen LogP contribution is 2.34. The van der Waals surface area contributed by atoms with Gasteiger partial charge < -0.3 is 9.47 Å². The number of rotatable bonds is 4. The minimum atomic E-state index is 0.448. The standard InChI is InChI=1S/C26H18O4/c1-29-25-21(13-11-19-7-3-5-9-23(19)17-27)15-16-22(26(25)30-2)14-12-20-8-4-6-10-24(20)18-28/h3-10,15-18H,1-2H3. The lowest BCUT2D eigenvalue weighted by atomic mass is 10.1. The van der Waals surface area contributed by atoms with Crippen LogP contribution in [0.4, 0.5) is 0 Å². The third kappa shape index (κ3) is 4.41.